The maximum absolute atomic E-state index is 11.2. The van der Waals surface area contributed by atoms with Crippen molar-refractivity contribution in [3.05, 3.63) is 0 Å². The Morgan fingerprint density at radius 2 is 1.67 bits per heavy atom. The van der Waals surface area contributed by atoms with Crippen LogP contribution in [-0.4, -0.2) is 47.2 Å². The molecular weight excluding hydrogens is 160 g/mol. The molecule has 70 valence electrons. The maximum atomic E-state index is 11.2. The van der Waals surface area contributed by atoms with E-state index >= 15 is 0 Å². The van der Waals surface area contributed by atoms with Gasteiger partial charge in [0.05, 0.1) is 0 Å². The first kappa shape index (κ1) is 10.7. The highest BCUT2D eigenvalue weighted by molar-refractivity contribution is 5.89. The Balaban J connectivity index is 4.25. The molecule has 0 aromatic heterocycles. The first-order valence-corrected chi connectivity index (χ1v) is 3.80. The molecule has 0 fully saturated rings. The second-order valence-electron chi connectivity index (χ2n) is 2.30. The molecule has 0 heterocycles. The Morgan fingerprint density at radius 1 is 1.25 bits per heavy atom. The summed E-state index contributed by atoms with van der Waals surface area (Å²) < 4.78 is 0. The second kappa shape index (κ2) is 4.58. The number of urea groups is 1. The molecule has 5 heteroatoms. The lowest BCUT2D eigenvalue weighted by Gasteiger charge is -2.22. The zero-order chi connectivity index (χ0) is 9.72. The smallest absolute Gasteiger partial charge is 0.415 e. The Labute approximate surface area is 71.6 Å². The van der Waals surface area contributed by atoms with Crippen molar-refractivity contribution in [1.29, 1.82) is 0 Å². The molecule has 0 bridgehead atoms. The minimum absolute atomic E-state index is 0.479. The van der Waals surface area contributed by atoms with Gasteiger partial charge in [-0.25, -0.2) is 14.5 Å². The minimum Gasteiger partial charge on any atom is -0.465 e. The van der Waals surface area contributed by atoms with Crippen molar-refractivity contribution in [2.45, 2.75) is 13.8 Å². The van der Waals surface area contributed by atoms with Gasteiger partial charge in [-0.05, 0) is 13.8 Å². The number of carbonyl (C=O) groups excluding carboxylic acids is 1. The zero-order valence-corrected chi connectivity index (χ0v) is 7.57. The van der Waals surface area contributed by atoms with Crippen LogP contribution in [0.3, 0.4) is 0 Å². The van der Waals surface area contributed by atoms with Gasteiger partial charge in [-0.1, -0.05) is 0 Å². The van der Waals surface area contributed by atoms with Crippen molar-refractivity contribution in [2.24, 2.45) is 0 Å². The van der Waals surface area contributed by atoms with Crippen molar-refractivity contribution >= 4 is 12.1 Å². The van der Waals surface area contributed by atoms with Gasteiger partial charge in [0.25, 0.3) is 0 Å². The normalized spacial score (nSPS) is 9.25. The van der Waals surface area contributed by atoms with Crippen molar-refractivity contribution < 1.29 is 14.7 Å². The molecule has 0 atom stereocenters. The maximum Gasteiger partial charge on any atom is 0.415 e. The van der Waals surface area contributed by atoms with Crippen LogP contribution in [0.5, 0.6) is 0 Å². The highest BCUT2D eigenvalue weighted by atomic mass is 16.4. The van der Waals surface area contributed by atoms with Gasteiger partial charge < -0.3 is 10.0 Å². The molecule has 1 N–H and O–H groups in total. The summed E-state index contributed by atoms with van der Waals surface area (Å²) in [5, 5.41) is 8.47. The summed E-state index contributed by atoms with van der Waals surface area (Å²) >= 11 is 0. The van der Waals surface area contributed by atoms with E-state index in [9.17, 15) is 9.59 Å². The fraction of sp³-hybridized carbons (Fsp3) is 0.714. The van der Waals surface area contributed by atoms with Gasteiger partial charge >= 0.3 is 12.1 Å². The molecule has 0 aromatic rings. The highest BCUT2D eigenvalue weighted by Gasteiger charge is 2.19. The second-order valence-corrected chi connectivity index (χ2v) is 2.30. The van der Waals surface area contributed by atoms with Crippen molar-refractivity contribution in [3.8, 4) is 0 Å². The SMILES string of the molecule is CCN(CC)C(=O)N(C)C(=O)O. The third-order valence-electron chi connectivity index (χ3n) is 1.61. The molecular formula is C7H14N2O3. The number of rotatable bonds is 2. The van der Waals surface area contributed by atoms with Crippen molar-refractivity contribution in [3.63, 3.8) is 0 Å². The molecule has 0 aromatic carbocycles. The number of hydrogen-bond donors (Lipinski definition) is 1. The number of carboxylic acid groups (broad SMARTS) is 1. The van der Waals surface area contributed by atoms with Crippen LogP contribution in [0, 0.1) is 0 Å². The summed E-state index contributed by atoms with van der Waals surface area (Å²) in [5.74, 6) is 0. The van der Waals surface area contributed by atoms with Gasteiger partial charge in [0.2, 0.25) is 0 Å². The monoisotopic (exact) mass is 174 g/mol. The molecule has 3 amide bonds. The summed E-state index contributed by atoms with van der Waals surface area (Å²) in [5.41, 5.74) is 0. The van der Waals surface area contributed by atoms with Crippen LogP contribution in [0.4, 0.5) is 9.59 Å². The van der Waals surface area contributed by atoms with E-state index < -0.39 is 12.1 Å². The number of amides is 3. The number of nitrogens with zero attached hydrogens (tertiary/aromatic N) is 2. The summed E-state index contributed by atoms with van der Waals surface area (Å²) in [7, 11) is 1.24. The Bertz CT molecular complexity index is 177. The lowest BCUT2D eigenvalue weighted by Crippen LogP contribution is -2.43. The fourth-order valence-electron chi connectivity index (χ4n) is 0.788. The first-order chi connectivity index (χ1) is 5.54. The fourth-order valence-corrected chi connectivity index (χ4v) is 0.788. The molecule has 12 heavy (non-hydrogen) atoms. The van der Waals surface area contributed by atoms with E-state index in [1.54, 1.807) is 13.8 Å². The van der Waals surface area contributed by atoms with Crippen LogP contribution >= 0.6 is 0 Å². The number of carbonyl (C=O) groups is 2. The van der Waals surface area contributed by atoms with E-state index in [-0.39, 0.29) is 0 Å². The van der Waals surface area contributed by atoms with Gasteiger partial charge in [0.15, 0.2) is 0 Å². The van der Waals surface area contributed by atoms with Crippen LogP contribution in [0.1, 0.15) is 13.8 Å². The van der Waals surface area contributed by atoms with E-state index in [0.717, 1.165) is 0 Å². The van der Waals surface area contributed by atoms with E-state index in [2.05, 4.69) is 0 Å². The quantitative estimate of drug-likeness (QED) is 0.680. The van der Waals surface area contributed by atoms with Gasteiger partial charge in [0.1, 0.15) is 0 Å². The molecule has 0 aliphatic rings. The van der Waals surface area contributed by atoms with Gasteiger partial charge in [-0.3, -0.25) is 0 Å². The lowest BCUT2D eigenvalue weighted by atomic mass is 10.5. The van der Waals surface area contributed by atoms with Crippen LogP contribution < -0.4 is 0 Å². The topological polar surface area (TPSA) is 60.9 Å². The minimum atomic E-state index is -1.23. The largest absolute Gasteiger partial charge is 0.465 e. The van der Waals surface area contributed by atoms with Crippen LogP contribution in [0.25, 0.3) is 0 Å². The van der Waals surface area contributed by atoms with Gasteiger partial charge in [-0.2, -0.15) is 0 Å². The molecule has 0 unspecified atom stereocenters. The first-order valence-electron chi connectivity index (χ1n) is 3.80. The lowest BCUT2D eigenvalue weighted by molar-refractivity contribution is 0.139. The van der Waals surface area contributed by atoms with Crippen LogP contribution in [0.2, 0.25) is 0 Å². The van der Waals surface area contributed by atoms with E-state index in [0.29, 0.717) is 18.0 Å². The summed E-state index contributed by atoms with van der Waals surface area (Å²) in [4.78, 5) is 23.7. The number of hydrogen-bond acceptors (Lipinski definition) is 2. The molecule has 5 nitrogen and oxygen atoms in total. The molecule has 0 rings (SSSR count). The summed E-state index contributed by atoms with van der Waals surface area (Å²) in [6, 6.07) is -0.479. The Kier molecular flexibility index (Phi) is 4.10. The average molecular weight is 174 g/mol. The average Bonchev–Trinajstić information content (AvgIpc) is 2.05. The predicted octanol–water partition coefficient (Wildman–Crippen LogP) is 1.06. The predicted molar refractivity (Wildman–Crippen MR) is 44.1 cm³/mol. The molecule has 0 saturated heterocycles. The standard InChI is InChI=1S/C7H14N2O3/c1-4-9(5-2)6(10)8(3)7(11)12/h4-5H2,1-3H3,(H,11,12). The molecule has 0 spiro atoms. The molecule has 0 aliphatic heterocycles. The van der Waals surface area contributed by atoms with Gasteiger partial charge in [0, 0.05) is 20.1 Å². The van der Waals surface area contributed by atoms with Crippen molar-refractivity contribution in [1.82, 2.24) is 9.80 Å². The molecule has 0 aliphatic carbocycles. The highest BCUT2D eigenvalue weighted by Crippen LogP contribution is 1.96. The third kappa shape index (κ3) is 2.41. The van der Waals surface area contributed by atoms with Crippen LogP contribution in [-0.2, 0) is 0 Å². The van der Waals surface area contributed by atoms with Crippen LogP contribution in [0.15, 0.2) is 0 Å². The summed E-state index contributed by atoms with van der Waals surface area (Å²) in [6.45, 7) is 4.65. The Morgan fingerprint density at radius 3 is 1.92 bits per heavy atom. The summed E-state index contributed by atoms with van der Waals surface area (Å²) in [6.07, 6.45) is -1.23. The number of imide groups is 1. The Hall–Kier alpha value is -1.26. The van der Waals surface area contributed by atoms with Crippen molar-refractivity contribution in [2.75, 3.05) is 20.1 Å². The van der Waals surface area contributed by atoms with E-state index in [4.69, 9.17) is 5.11 Å². The third-order valence-corrected chi connectivity index (χ3v) is 1.61. The molecule has 0 saturated carbocycles. The molecule has 0 radical (unpaired) electrons. The van der Waals surface area contributed by atoms with E-state index in [1.165, 1.54) is 11.9 Å². The van der Waals surface area contributed by atoms with E-state index in [1.807, 2.05) is 0 Å². The van der Waals surface area contributed by atoms with Gasteiger partial charge in [-0.15, -0.1) is 0 Å². The zero-order valence-electron chi connectivity index (χ0n) is 7.57.